The number of hydrogen-bond donors (Lipinski definition) is 2. The molecule has 0 saturated carbocycles. The van der Waals surface area contributed by atoms with Crippen LogP contribution in [0.3, 0.4) is 0 Å². The number of halogens is 1. The maximum Gasteiger partial charge on any atom is 0.101 e. The zero-order valence-corrected chi connectivity index (χ0v) is 12.6. The normalized spacial score (nSPS) is 14.1. The number of hydrogen-bond acceptors (Lipinski definition) is 3. The van der Waals surface area contributed by atoms with Crippen LogP contribution in [0.1, 0.15) is 32.8 Å². The van der Waals surface area contributed by atoms with Crippen molar-refractivity contribution in [3.05, 3.63) is 28.2 Å². The molecule has 1 atom stereocenters. The lowest BCUT2D eigenvalue weighted by atomic mass is 9.94. The molecule has 0 aliphatic carbocycles. The summed E-state index contributed by atoms with van der Waals surface area (Å²) in [5, 5.41) is 22.4. The molecular weight excluding hydrogens is 292 g/mol. The van der Waals surface area contributed by atoms with Gasteiger partial charge in [0.15, 0.2) is 0 Å². The van der Waals surface area contributed by atoms with Crippen molar-refractivity contribution in [3.63, 3.8) is 0 Å². The number of rotatable bonds is 5. The number of aliphatic hydroxyl groups is 1. The van der Waals surface area contributed by atoms with Crippen LogP contribution in [0.25, 0.3) is 0 Å². The van der Waals surface area contributed by atoms with E-state index >= 15 is 0 Å². The van der Waals surface area contributed by atoms with Crippen LogP contribution in [0.2, 0.25) is 0 Å². The summed E-state index contributed by atoms with van der Waals surface area (Å²) in [7, 11) is 0. The first-order valence-electron chi connectivity index (χ1n) is 6.00. The summed E-state index contributed by atoms with van der Waals surface area (Å²) in [5.74, 6) is 0.430. The Morgan fingerprint density at radius 1 is 1.50 bits per heavy atom. The molecule has 1 aromatic carbocycles. The third-order valence-electron chi connectivity index (χ3n) is 2.61. The number of anilines is 1. The third kappa shape index (κ3) is 4.67. The van der Waals surface area contributed by atoms with Crippen LogP contribution in [0.4, 0.5) is 5.69 Å². The lowest BCUT2D eigenvalue weighted by Crippen LogP contribution is -2.35. The molecule has 1 unspecified atom stereocenters. The molecule has 0 bridgehead atoms. The van der Waals surface area contributed by atoms with Gasteiger partial charge in [-0.15, -0.1) is 0 Å². The lowest BCUT2D eigenvalue weighted by molar-refractivity contribution is 0.0515. The first kappa shape index (κ1) is 15.0. The molecule has 18 heavy (non-hydrogen) atoms. The molecule has 3 nitrogen and oxygen atoms in total. The van der Waals surface area contributed by atoms with Crippen molar-refractivity contribution >= 4 is 21.6 Å². The van der Waals surface area contributed by atoms with Gasteiger partial charge in [0.25, 0.3) is 0 Å². The van der Waals surface area contributed by atoms with Crippen molar-refractivity contribution in [2.45, 2.75) is 32.8 Å². The predicted octanol–water partition coefficient (Wildman–Crippen LogP) is 3.53. The quantitative estimate of drug-likeness (QED) is 0.874. The molecule has 0 aliphatic rings. The van der Waals surface area contributed by atoms with Crippen LogP contribution in [-0.4, -0.2) is 17.3 Å². The van der Waals surface area contributed by atoms with E-state index in [1.807, 2.05) is 19.1 Å². The second-order valence-electron chi connectivity index (χ2n) is 5.25. The lowest BCUT2D eigenvalue weighted by Gasteiger charge is -2.26. The van der Waals surface area contributed by atoms with Crippen molar-refractivity contribution in [1.82, 2.24) is 0 Å². The molecule has 4 heteroatoms. The van der Waals surface area contributed by atoms with E-state index in [-0.39, 0.29) is 0 Å². The van der Waals surface area contributed by atoms with Gasteiger partial charge in [0.1, 0.15) is 6.07 Å². The molecule has 1 rings (SSSR count). The number of nitrogens with one attached hydrogen (secondary N) is 1. The van der Waals surface area contributed by atoms with Crippen LogP contribution >= 0.6 is 15.9 Å². The molecule has 98 valence electrons. The first-order valence-corrected chi connectivity index (χ1v) is 6.79. The molecule has 0 aliphatic heterocycles. The highest BCUT2D eigenvalue weighted by Gasteiger charge is 2.21. The highest BCUT2D eigenvalue weighted by atomic mass is 79.9. The fourth-order valence-electron chi connectivity index (χ4n) is 2.00. The van der Waals surface area contributed by atoms with Crippen LogP contribution < -0.4 is 5.32 Å². The highest BCUT2D eigenvalue weighted by molar-refractivity contribution is 9.10. The van der Waals surface area contributed by atoms with Crippen LogP contribution in [-0.2, 0) is 0 Å². The largest absolute Gasteiger partial charge is 0.388 e. The summed E-state index contributed by atoms with van der Waals surface area (Å²) in [4.78, 5) is 0. The average Bonchev–Trinajstić information content (AvgIpc) is 2.25. The van der Waals surface area contributed by atoms with Crippen molar-refractivity contribution < 1.29 is 5.11 Å². The van der Waals surface area contributed by atoms with Gasteiger partial charge >= 0.3 is 0 Å². The minimum atomic E-state index is -0.775. The van der Waals surface area contributed by atoms with Gasteiger partial charge in [0.2, 0.25) is 0 Å². The van der Waals surface area contributed by atoms with E-state index in [4.69, 9.17) is 5.26 Å². The van der Waals surface area contributed by atoms with E-state index in [1.54, 1.807) is 6.07 Å². The molecule has 1 aromatic rings. The molecule has 0 aromatic heterocycles. The summed E-state index contributed by atoms with van der Waals surface area (Å²) >= 11 is 3.37. The predicted molar refractivity (Wildman–Crippen MR) is 77.4 cm³/mol. The smallest absolute Gasteiger partial charge is 0.101 e. The molecule has 0 fully saturated rings. The Morgan fingerprint density at radius 3 is 2.72 bits per heavy atom. The fraction of sp³-hybridized carbons (Fsp3) is 0.500. The Bertz CT molecular complexity index is 450. The van der Waals surface area contributed by atoms with Crippen LogP contribution in [0, 0.1) is 17.2 Å². The standard InChI is InChI=1S/C14H19BrN2O/c1-10(2)7-14(3,18)9-17-13-6-12(15)5-4-11(13)8-16/h4-6,10,17-18H,7,9H2,1-3H3. The minimum Gasteiger partial charge on any atom is -0.388 e. The zero-order valence-electron chi connectivity index (χ0n) is 11.0. The van der Waals surface area contributed by atoms with Gasteiger partial charge in [-0.2, -0.15) is 5.26 Å². The maximum atomic E-state index is 10.2. The van der Waals surface area contributed by atoms with E-state index in [0.29, 0.717) is 18.0 Å². The Labute approximate surface area is 117 Å². The topological polar surface area (TPSA) is 56.0 Å². The van der Waals surface area contributed by atoms with Gasteiger partial charge < -0.3 is 10.4 Å². The van der Waals surface area contributed by atoms with Crippen molar-refractivity contribution in [3.8, 4) is 6.07 Å². The Kier molecular flexibility index (Phi) is 5.18. The summed E-state index contributed by atoms with van der Waals surface area (Å²) in [6, 6.07) is 7.57. The Hall–Kier alpha value is -1.05. The first-order chi connectivity index (χ1) is 8.34. The monoisotopic (exact) mass is 310 g/mol. The van der Waals surface area contributed by atoms with Gasteiger partial charge in [0, 0.05) is 11.0 Å². The maximum absolute atomic E-state index is 10.2. The SMILES string of the molecule is CC(C)CC(C)(O)CNc1cc(Br)ccc1C#N. The van der Waals surface area contributed by atoms with Gasteiger partial charge in [-0.25, -0.2) is 0 Å². The Balaban J connectivity index is 2.74. The second kappa shape index (κ2) is 6.21. The van der Waals surface area contributed by atoms with Gasteiger partial charge in [-0.3, -0.25) is 0 Å². The minimum absolute atomic E-state index is 0.427. The third-order valence-corrected chi connectivity index (χ3v) is 3.10. The Morgan fingerprint density at radius 2 is 2.17 bits per heavy atom. The van der Waals surface area contributed by atoms with E-state index in [2.05, 4.69) is 41.2 Å². The molecule has 0 amide bonds. The summed E-state index contributed by atoms with van der Waals surface area (Å²) < 4.78 is 0.910. The van der Waals surface area contributed by atoms with Crippen molar-refractivity contribution in [2.24, 2.45) is 5.92 Å². The van der Waals surface area contributed by atoms with E-state index < -0.39 is 5.60 Å². The number of nitrogens with zero attached hydrogens (tertiary/aromatic N) is 1. The molecule has 2 N–H and O–H groups in total. The number of nitriles is 1. The molecule has 0 radical (unpaired) electrons. The summed E-state index contributed by atoms with van der Waals surface area (Å²) in [6.45, 7) is 6.39. The zero-order chi connectivity index (χ0) is 13.8. The molecular formula is C14H19BrN2O. The van der Waals surface area contributed by atoms with Gasteiger partial charge in [-0.05, 0) is 37.5 Å². The molecule has 0 heterocycles. The van der Waals surface area contributed by atoms with Crippen molar-refractivity contribution in [1.29, 1.82) is 5.26 Å². The number of benzene rings is 1. The highest BCUT2D eigenvalue weighted by Crippen LogP contribution is 2.23. The molecule has 0 saturated heterocycles. The summed E-state index contributed by atoms with van der Waals surface area (Å²) in [6.07, 6.45) is 0.718. The summed E-state index contributed by atoms with van der Waals surface area (Å²) in [5.41, 5.74) is 0.554. The van der Waals surface area contributed by atoms with Gasteiger partial charge in [0.05, 0.1) is 16.9 Å². The van der Waals surface area contributed by atoms with Crippen LogP contribution in [0.5, 0.6) is 0 Å². The average molecular weight is 311 g/mol. The van der Waals surface area contributed by atoms with E-state index in [0.717, 1.165) is 16.6 Å². The van der Waals surface area contributed by atoms with Gasteiger partial charge in [-0.1, -0.05) is 29.8 Å². The molecule has 0 spiro atoms. The van der Waals surface area contributed by atoms with E-state index in [1.165, 1.54) is 0 Å². The van der Waals surface area contributed by atoms with E-state index in [9.17, 15) is 5.11 Å². The van der Waals surface area contributed by atoms with Crippen molar-refractivity contribution in [2.75, 3.05) is 11.9 Å². The fourth-order valence-corrected chi connectivity index (χ4v) is 2.36. The van der Waals surface area contributed by atoms with Crippen LogP contribution in [0.15, 0.2) is 22.7 Å². The second-order valence-corrected chi connectivity index (χ2v) is 6.17.